The van der Waals surface area contributed by atoms with Crippen LogP contribution in [0.15, 0.2) is 47.3 Å². The van der Waals surface area contributed by atoms with Crippen molar-refractivity contribution in [1.29, 1.82) is 0 Å². The van der Waals surface area contributed by atoms with Gasteiger partial charge < -0.3 is 19.8 Å². The molecular formula is C20H19N3O4. The molecule has 1 aliphatic rings. The first-order valence-corrected chi connectivity index (χ1v) is 8.86. The second-order valence-corrected chi connectivity index (χ2v) is 6.29. The molecule has 3 aromatic rings. The lowest BCUT2D eigenvalue weighted by Gasteiger charge is -2.19. The highest BCUT2D eigenvalue weighted by atomic mass is 16.6. The van der Waals surface area contributed by atoms with Crippen molar-refractivity contribution in [2.75, 3.05) is 18.5 Å². The third kappa shape index (κ3) is 3.92. The molecule has 0 saturated carbocycles. The Hall–Kier alpha value is -3.35. The number of benzene rings is 2. The average molecular weight is 365 g/mol. The van der Waals surface area contributed by atoms with E-state index >= 15 is 0 Å². The van der Waals surface area contributed by atoms with Gasteiger partial charge in [0.15, 0.2) is 11.5 Å². The Morgan fingerprint density at radius 3 is 2.81 bits per heavy atom. The van der Waals surface area contributed by atoms with Gasteiger partial charge in [-0.2, -0.15) is 0 Å². The molecule has 1 amide bonds. The van der Waals surface area contributed by atoms with Crippen LogP contribution in [-0.2, 0) is 11.2 Å². The molecule has 2 aromatic carbocycles. The van der Waals surface area contributed by atoms with Gasteiger partial charge in [0.05, 0.1) is 10.9 Å². The van der Waals surface area contributed by atoms with Gasteiger partial charge in [-0.15, -0.1) is 0 Å². The maximum Gasteiger partial charge on any atom is 0.258 e. The molecule has 2 N–H and O–H groups in total. The Kier molecular flexibility index (Phi) is 4.74. The second-order valence-electron chi connectivity index (χ2n) is 6.29. The highest BCUT2D eigenvalue weighted by molar-refractivity contribution is 5.91. The predicted molar refractivity (Wildman–Crippen MR) is 101 cm³/mol. The number of aromatic nitrogens is 2. The van der Waals surface area contributed by atoms with Crippen LogP contribution >= 0.6 is 0 Å². The molecule has 0 bridgehead atoms. The molecule has 0 radical (unpaired) electrons. The fourth-order valence-corrected chi connectivity index (χ4v) is 3.01. The lowest BCUT2D eigenvalue weighted by molar-refractivity contribution is -0.116. The van der Waals surface area contributed by atoms with Crippen LogP contribution in [0.25, 0.3) is 10.9 Å². The highest BCUT2D eigenvalue weighted by Gasteiger charge is 2.13. The van der Waals surface area contributed by atoms with Gasteiger partial charge >= 0.3 is 0 Å². The Labute approximate surface area is 155 Å². The van der Waals surface area contributed by atoms with E-state index in [-0.39, 0.29) is 11.5 Å². The smallest absolute Gasteiger partial charge is 0.258 e. The number of anilines is 1. The standard InChI is InChI=1S/C20H19N3O4/c24-19(21-13-8-9-16-17(12-13)27-11-10-26-16)7-3-6-18-22-15-5-2-1-4-14(15)20(25)23-18/h1-2,4-5,8-9,12H,3,6-7,10-11H2,(H,21,24)(H,22,23,25). The lowest BCUT2D eigenvalue weighted by Crippen LogP contribution is -2.16. The molecule has 0 unspecified atom stereocenters. The maximum absolute atomic E-state index is 12.2. The van der Waals surface area contributed by atoms with Gasteiger partial charge in [-0.1, -0.05) is 12.1 Å². The Morgan fingerprint density at radius 1 is 1.11 bits per heavy atom. The van der Waals surface area contributed by atoms with E-state index in [0.717, 1.165) is 0 Å². The molecule has 27 heavy (non-hydrogen) atoms. The number of ether oxygens (including phenoxy) is 2. The summed E-state index contributed by atoms with van der Waals surface area (Å²) in [6.07, 6.45) is 1.43. The minimum atomic E-state index is -0.156. The van der Waals surface area contributed by atoms with Crippen LogP contribution in [0.4, 0.5) is 5.69 Å². The lowest BCUT2D eigenvalue weighted by atomic mass is 10.2. The summed E-state index contributed by atoms with van der Waals surface area (Å²) in [5, 5.41) is 3.42. The zero-order valence-corrected chi connectivity index (χ0v) is 14.7. The Balaban J connectivity index is 1.34. The molecule has 4 rings (SSSR count). The number of fused-ring (bicyclic) bond motifs is 2. The van der Waals surface area contributed by atoms with Crippen molar-refractivity contribution in [1.82, 2.24) is 9.97 Å². The van der Waals surface area contributed by atoms with Gasteiger partial charge in [0.25, 0.3) is 5.56 Å². The van der Waals surface area contributed by atoms with Gasteiger partial charge in [-0.25, -0.2) is 4.98 Å². The minimum Gasteiger partial charge on any atom is -0.486 e. The van der Waals surface area contributed by atoms with Gasteiger partial charge in [0.2, 0.25) is 5.91 Å². The summed E-state index contributed by atoms with van der Waals surface area (Å²) in [6, 6.07) is 12.5. The zero-order valence-electron chi connectivity index (χ0n) is 14.7. The first kappa shape index (κ1) is 17.1. The number of amides is 1. The molecular weight excluding hydrogens is 346 g/mol. The summed E-state index contributed by atoms with van der Waals surface area (Å²) in [7, 11) is 0. The quantitative estimate of drug-likeness (QED) is 0.725. The maximum atomic E-state index is 12.2. The largest absolute Gasteiger partial charge is 0.486 e. The van der Waals surface area contributed by atoms with Crippen LogP contribution in [0.2, 0.25) is 0 Å². The van der Waals surface area contributed by atoms with E-state index in [1.807, 2.05) is 12.1 Å². The van der Waals surface area contributed by atoms with Crippen LogP contribution in [0.1, 0.15) is 18.7 Å². The molecule has 1 aliphatic heterocycles. The number of rotatable bonds is 5. The van der Waals surface area contributed by atoms with Gasteiger partial charge in [-0.3, -0.25) is 9.59 Å². The first-order chi connectivity index (χ1) is 13.2. The van der Waals surface area contributed by atoms with E-state index in [1.54, 1.807) is 30.3 Å². The SMILES string of the molecule is O=C(CCCc1nc2ccccc2c(=O)[nH]1)Nc1ccc2c(c1)OCCO2. The molecule has 0 atom stereocenters. The van der Waals surface area contributed by atoms with Crippen LogP contribution in [0.5, 0.6) is 11.5 Å². The summed E-state index contributed by atoms with van der Waals surface area (Å²) >= 11 is 0. The number of carbonyl (C=O) groups is 1. The Morgan fingerprint density at radius 2 is 1.93 bits per heavy atom. The summed E-state index contributed by atoms with van der Waals surface area (Å²) < 4.78 is 11.0. The van der Waals surface area contributed by atoms with Crippen LogP contribution in [0.3, 0.4) is 0 Å². The molecule has 0 fully saturated rings. The third-order valence-corrected chi connectivity index (χ3v) is 4.31. The van der Waals surface area contributed by atoms with Gasteiger partial charge in [0.1, 0.15) is 19.0 Å². The van der Waals surface area contributed by atoms with Crippen LogP contribution < -0.4 is 20.3 Å². The van der Waals surface area contributed by atoms with Crippen molar-refractivity contribution in [3.63, 3.8) is 0 Å². The number of para-hydroxylation sites is 1. The average Bonchev–Trinajstić information content (AvgIpc) is 2.68. The normalized spacial score (nSPS) is 12.7. The summed E-state index contributed by atoms with van der Waals surface area (Å²) in [5.41, 5.74) is 1.18. The molecule has 0 aliphatic carbocycles. The second kappa shape index (κ2) is 7.49. The number of nitrogens with one attached hydrogen (secondary N) is 2. The van der Waals surface area contributed by atoms with Crippen molar-refractivity contribution >= 4 is 22.5 Å². The molecule has 1 aromatic heterocycles. The van der Waals surface area contributed by atoms with Crippen molar-refractivity contribution in [2.24, 2.45) is 0 Å². The topological polar surface area (TPSA) is 93.3 Å². The fourth-order valence-electron chi connectivity index (χ4n) is 3.01. The number of carbonyl (C=O) groups excluding carboxylic acids is 1. The van der Waals surface area contributed by atoms with E-state index in [4.69, 9.17) is 9.47 Å². The zero-order chi connectivity index (χ0) is 18.6. The molecule has 0 spiro atoms. The molecule has 2 heterocycles. The monoisotopic (exact) mass is 365 g/mol. The van der Waals surface area contributed by atoms with E-state index in [2.05, 4.69) is 15.3 Å². The van der Waals surface area contributed by atoms with E-state index in [9.17, 15) is 9.59 Å². The fraction of sp³-hybridized carbons (Fsp3) is 0.250. The third-order valence-electron chi connectivity index (χ3n) is 4.31. The number of hydrogen-bond acceptors (Lipinski definition) is 5. The van der Waals surface area contributed by atoms with Gasteiger partial charge in [0, 0.05) is 24.6 Å². The van der Waals surface area contributed by atoms with Crippen LogP contribution in [-0.4, -0.2) is 29.1 Å². The van der Waals surface area contributed by atoms with E-state index in [1.165, 1.54) is 0 Å². The molecule has 0 saturated heterocycles. The highest BCUT2D eigenvalue weighted by Crippen LogP contribution is 2.32. The van der Waals surface area contributed by atoms with Crippen LogP contribution in [0, 0.1) is 0 Å². The van der Waals surface area contributed by atoms with Crippen molar-refractivity contribution in [2.45, 2.75) is 19.3 Å². The van der Waals surface area contributed by atoms with E-state index < -0.39 is 0 Å². The minimum absolute atomic E-state index is 0.102. The number of hydrogen-bond donors (Lipinski definition) is 2. The predicted octanol–water partition coefficient (Wildman–Crippen LogP) is 2.66. The molecule has 138 valence electrons. The summed E-state index contributed by atoms with van der Waals surface area (Å²) in [4.78, 5) is 31.5. The van der Waals surface area contributed by atoms with Crippen molar-refractivity contribution in [3.05, 3.63) is 58.6 Å². The number of aryl methyl sites for hydroxylation is 1. The van der Waals surface area contributed by atoms with E-state index in [0.29, 0.717) is 66.4 Å². The number of H-pyrrole nitrogens is 1. The molecule has 7 nitrogen and oxygen atoms in total. The molecule has 7 heteroatoms. The van der Waals surface area contributed by atoms with Crippen molar-refractivity contribution in [3.8, 4) is 11.5 Å². The first-order valence-electron chi connectivity index (χ1n) is 8.86. The number of aromatic amines is 1. The van der Waals surface area contributed by atoms with Gasteiger partial charge in [-0.05, 0) is 30.7 Å². The number of nitrogens with zero attached hydrogens (tertiary/aromatic N) is 1. The summed E-state index contributed by atoms with van der Waals surface area (Å²) in [6.45, 7) is 1.03. The Bertz CT molecular complexity index is 1040. The summed E-state index contributed by atoms with van der Waals surface area (Å²) in [5.74, 6) is 1.81. The van der Waals surface area contributed by atoms with Crippen molar-refractivity contribution < 1.29 is 14.3 Å².